The Morgan fingerprint density at radius 3 is 2.63 bits per heavy atom. The molecule has 4 aromatic rings. The highest BCUT2D eigenvalue weighted by molar-refractivity contribution is 6.31. The highest BCUT2D eigenvalue weighted by Crippen LogP contribution is 2.29. The van der Waals surface area contributed by atoms with Crippen LogP contribution in [0.15, 0.2) is 71.5 Å². The molecule has 1 unspecified atom stereocenters. The van der Waals surface area contributed by atoms with Gasteiger partial charge in [-0.25, -0.2) is 9.37 Å². The van der Waals surface area contributed by atoms with Gasteiger partial charge in [0.05, 0.1) is 28.2 Å². The van der Waals surface area contributed by atoms with Gasteiger partial charge in [0, 0.05) is 5.02 Å². The van der Waals surface area contributed by atoms with Crippen LogP contribution in [0.5, 0.6) is 0 Å². The molecule has 148 valence electrons. The number of carbonyl (C=O) groups excluding carboxylic acids is 1. The molecule has 1 aliphatic heterocycles. The summed E-state index contributed by atoms with van der Waals surface area (Å²) < 4.78 is 15.2. The number of benzene rings is 3. The summed E-state index contributed by atoms with van der Waals surface area (Å²) in [5.41, 5.74) is 1.52. The minimum atomic E-state index is -0.562. The smallest absolute Gasteiger partial charge is 0.266 e. The molecule has 1 aliphatic rings. The van der Waals surface area contributed by atoms with Gasteiger partial charge < -0.3 is 5.32 Å². The van der Waals surface area contributed by atoms with Crippen molar-refractivity contribution in [1.82, 2.24) is 14.9 Å². The molecular weight excluding hydrogens is 405 g/mol. The minimum Gasteiger partial charge on any atom is -0.342 e. The lowest BCUT2D eigenvalue weighted by atomic mass is 10.0. The van der Waals surface area contributed by atoms with Crippen molar-refractivity contribution < 1.29 is 9.18 Å². The van der Waals surface area contributed by atoms with E-state index >= 15 is 0 Å². The monoisotopic (exact) mass is 419 g/mol. The molecule has 0 saturated heterocycles. The van der Waals surface area contributed by atoms with Crippen LogP contribution in [0.3, 0.4) is 0 Å². The van der Waals surface area contributed by atoms with Crippen LogP contribution in [0.1, 0.15) is 27.8 Å². The van der Waals surface area contributed by atoms with Crippen LogP contribution in [0.4, 0.5) is 4.39 Å². The molecule has 0 radical (unpaired) electrons. The summed E-state index contributed by atoms with van der Waals surface area (Å²) >= 11 is 6.18. The lowest BCUT2D eigenvalue weighted by Crippen LogP contribution is -2.32. The predicted octanol–water partition coefficient (Wildman–Crippen LogP) is 4.21. The van der Waals surface area contributed by atoms with Crippen LogP contribution in [0.2, 0.25) is 5.02 Å². The van der Waals surface area contributed by atoms with E-state index in [0.717, 1.165) is 11.6 Å². The molecule has 1 amide bonds. The third-order valence-electron chi connectivity index (χ3n) is 5.20. The van der Waals surface area contributed by atoms with Crippen LogP contribution in [0.25, 0.3) is 16.6 Å². The quantitative estimate of drug-likeness (QED) is 0.529. The van der Waals surface area contributed by atoms with Gasteiger partial charge in [0.15, 0.2) is 0 Å². The van der Waals surface area contributed by atoms with E-state index in [-0.39, 0.29) is 11.3 Å². The Bertz CT molecular complexity index is 1370. The minimum absolute atomic E-state index is 0.137. The van der Waals surface area contributed by atoms with Crippen LogP contribution in [0, 0.1) is 5.82 Å². The molecule has 0 fully saturated rings. The van der Waals surface area contributed by atoms with Crippen LogP contribution < -0.4 is 10.9 Å². The van der Waals surface area contributed by atoms with Crippen LogP contribution >= 0.6 is 11.6 Å². The summed E-state index contributed by atoms with van der Waals surface area (Å²) in [6, 6.07) is 17.7. The second-order valence-corrected chi connectivity index (χ2v) is 7.59. The molecular formula is C23H15ClFN3O2. The number of hydrogen-bond acceptors (Lipinski definition) is 3. The first-order chi connectivity index (χ1) is 14.5. The molecule has 7 heteroatoms. The molecule has 30 heavy (non-hydrogen) atoms. The van der Waals surface area contributed by atoms with Crippen molar-refractivity contribution in [1.29, 1.82) is 0 Å². The fraction of sp³-hybridized carbons (Fsp3) is 0.0870. The number of amides is 1. The lowest BCUT2D eigenvalue weighted by molar-refractivity contribution is 0.0938. The van der Waals surface area contributed by atoms with Crippen LogP contribution in [-0.4, -0.2) is 15.5 Å². The molecule has 5 nitrogen and oxygen atoms in total. The van der Waals surface area contributed by atoms with Crippen molar-refractivity contribution in [3.8, 4) is 5.69 Å². The van der Waals surface area contributed by atoms with Crippen molar-refractivity contribution in [2.24, 2.45) is 0 Å². The summed E-state index contributed by atoms with van der Waals surface area (Å²) in [7, 11) is 0. The average molecular weight is 420 g/mol. The van der Waals surface area contributed by atoms with Gasteiger partial charge >= 0.3 is 0 Å². The van der Waals surface area contributed by atoms with E-state index in [2.05, 4.69) is 10.3 Å². The second-order valence-electron chi connectivity index (χ2n) is 7.15. The first kappa shape index (κ1) is 18.5. The van der Waals surface area contributed by atoms with E-state index < -0.39 is 17.4 Å². The van der Waals surface area contributed by atoms with Crippen molar-refractivity contribution in [3.63, 3.8) is 0 Å². The molecule has 5 rings (SSSR count). The van der Waals surface area contributed by atoms with Gasteiger partial charge in [-0.1, -0.05) is 41.9 Å². The fourth-order valence-corrected chi connectivity index (χ4v) is 3.98. The topological polar surface area (TPSA) is 64.0 Å². The van der Waals surface area contributed by atoms with Crippen LogP contribution in [-0.2, 0) is 6.42 Å². The molecule has 3 aromatic carbocycles. The van der Waals surface area contributed by atoms with E-state index in [1.807, 2.05) is 30.3 Å². The van der Waals surface area contributed by atoms with Crippen molar-refractivity contribution in [2.45, 2.75) is 12.5 Å². The van der Waals surface area contributed by atoms with Gasteiger partial charge in [-0.2, -0.15) is 0 Å². The average Bonchev–Trinajstić information content (AvgIpc) is 2.84. The fourth-order valence-electron chi connectivity index (χ4n) is 3.82. The van der Waals surface area contributed by atoms with Gasteiger partial charge in [0.25, 0.3) is 11.5 Å². The zero-order chi connectivity index (χ0) is 20.8. The predicted molar refractivity (Wildman–Crippen MR) is 113 cm³/mol. The number of aromatic nitrogens is 2. The molecule has 0 spiro atoms. The Hall–Kier alpha value is -3.51. The first-order valence-corrected chi connectivity index (χ1v) is 9.76. The number of fused-ring (bicyclic) bond motifs is 4. The van der Waals surface area contributed by atoms with E-state index in [9.17, 15) is 14.0 Å². The largest absolute Gasteiger partial charge is 0.342 e. The number of halogens is 2. The van der Waals surface area contributed by atoms with Crippen molar-refractivity contribution in [2.75, 3.05) is 0 Å². The maximum Gasteiger partial charge on any atom is 0.266 e. The highest BCUT2D eigenvalue weighted by atomic mass is 35.5. The number of hydrogen-bond donors (Lipinski definition) is 1. The summed E-state index contributed by atoms with van der Waals surface area (Å²) in [6.45, 7) is 0. The molecule has 1 atom stereocenters. The molecule has 1 N–H and O–H groups in total. The summed E-state index contributed by atoms with van der Waals surface area (Å²) in [4.78, 5) is 31.1. The third kappa shape index (κ3) is 3.06. The number of nitrogens with one attached hydrogen (secondary N) is 1. The SMILES string of the molecule is O=C1NC(Cc2ccccc2)c2nc3ccc(F)cc3c(=O)n2-c2cc(Cl)ccc21. The Morgan fingerprint density at radius 2 is 1.83 bits per heavy atom. The highest BCUT2D eigenvalue weighted by Gasteiger charge is 2.30. The number of nitrogens with zero attached hydrogens (tertiary/aromatic N) is 2. The Kier molecular flexibility index (Phi) is 4.37. The molecule has 1 aromatic heterocycles. The maximum absolute atomic E-state index is 13.9. The van der Waals surface area contributed by atoms with Crippen molar-refractivity contribution in [3.05, 3.63) is 105 Å². The summed E-state index contributed by atoms with van der Waals surface area (Å²) in [6.07, 6.45) is 0.438. The second kappa shape index (κ2) is 7.07. The molecule has 0 bridgehead atoms. The summed E-state index contributed by atoms with van der Waals surface area (Å²) in [5.74, 6) is -0.489. The normalized spacial score (nSPS) is 15.3. The standard InChI is InChI=1S/C23H15ClFN3O2/c24-14-6-8-16-20(11-14)28-21(26-18-9-7-15(25)12-17(18)23(28)30)19(27-22(16)29)10-13-4-2-1-3-5-13/h1-9,11-12,19H,10H2,(H,27,29). The van der Waals surface area contributed by atoms with E-state index in [1.165, 1.54) is 16.7 Å². The zero-order valence-electron chi connectivity index (χ0n) is 15.6. The summed E-state index contributed by atoms with van der Waals surface area (Å²) in [5, 5.41) is 3.50. The van der Waals surface area contributed by atoms with E-state index in [0.29, 0.717) is 34.0 Å². The Balaban J connectivity index is 1.83. The number of carbonyl (C=O) groups is 1. The van der Waals surface area contributed by atoms with Gasteiger partial charge in [-0.3, -0.25) is 14.2 Å². The zero-order valence-corrected chi connectivity index (χ0v) is 16.4. The Morgan fingerprint density at radius 1 is 1.03 bits per heavy atom. The lowest BCUT2D eigenvalue weighted by Gasteiger charge is -2.19. The molecule has 0 saturated carbocycles. The van der Waals surface area contributed by atoms with Gasteiger partial charge in [-0.05, 0) is 48.4 Å². The Labute approximate surface area is 175 Å². The van der Waals surface area contributed by atoms with E-state index in [1.54, 1.807) is 18.2 Å². The molecule has 2 heterocycles. The first-order valence-electron chi connectivity index (χ1n) is 9.38. The maximum atomic E-state index is 13.9. The van der Waals surface area contributed by atoms with Crippen molar-refractivity contribution >= 4 is 28.4 Å². The van der Waals surface area contributed by atoms with Gasteiger partial charge in [0.2, 0.25) is 0 Å². The van der Waals surface area contributed by atoms with Gasteiger partial charge in [0.1, 0.15) is 11.6 Å². The molecule has 0 aliphatic carbocycles. The van der Waals surface area contributed by atoms with Gasteiger partial charge in [-0.15, -0.1) is 0 Å². The third-order valence-corrected chi connectivity index (χ3v) is 5.44. The van der Waals surface area contributed by atoms with E-state index in [4.69, 9.17) is 11.6 Å². The number of rotatable bonds is 2.